The second-order valence-corrected chi connectivity index (χ2v) is 6.86. The molecule has 5 heteroatoms. The van der Waals surface area contributed by atoms with Crippen LogP contribution in [0.4, 0.5) is 11.4 Å². The number of aromatic nitrogens is 2. The zero-order valence-corrected chi connectivity index (χ0v) is 13.9. The first-order chi connectivity index (χ1) is 12.2. The zero-order valence-electron chi connectivity index (χ0n) is 13.9. The summed E-state index contributed by atoms with van der Waals surface area (Å²) in [5.74, 6) is 0.656. The lowest BCUT2D eigenvalue weighted by atomic mass is 9.86. The molecule has 3 aromatic rings. The van der Waals surface area contributed by atoms with Crippen LogP contribution in [0.3, 0.4) is 0 Å². The van der Waals surface area contributed by atoms with Crippen molar-refractivity contribution < 1.29 is 5.11 Å². The lowest BCUT2D eigenvalue weighted by Gasteiger charge is -2.39. The minimum Gasteiger partial charge on any atom is -0.506 e. The number of phenolic OH excluding ortho intramolecular Hbond substituents is 1. The predicted octanol–water partition coefficient (Wildman–Crippen LogP) is 3.52. The largest absolute Gasteiger partial charge is 0.506 e. The Bertz CT molecular complexity index is 940. The van der Waals surface area contributed by atoms with Gasteiger partial charge in [-0.05, 0) is 43.2 Å². The van der Waals surface area contributed by atoms with Crippen molar-refractivity contribution >= 4 is 11.4 Å². The van der Waals surface area contributed by atoms with Crippen LogP contribution in [0.5, 0.6) is 5.75 Å². The summed E-state index contributed by atoms with van der Waals surface area (Å²) in [6.45, 7) is 2.16. The van der Waals surface area contributed by atoms with Crippen molar-refractivity contribution in [2.24, 2.45) is 0 Å². The average molecular weight is 332 g/mol. The molecular formula is C20H20N4O. The SMILES string of the molecule is Nc1cc(-c2c3c(nn2-c2ccccc2)C2CCN3CC2)ccc1O. The third kappa shape index (κ3) is 2.12. The van der Waals surface area contributed by atoms with Crippen LogP contribution in [-0.4, -0.2) is 28.0 Å². The number of hydrogen-bond donors (Lipinski definition) is 2. The summed E-state index contributed by atoms with van der Waals surface area (Å²) in [7, 11) is 0. The van der Waals surface area contributed by atoms with E-state index in [4.69, 9.17) is 10.8 Å². The van der Waals surface area contributed by atoms with E-state index >= 15 is 0 Å². The number of nitrogens with zero attached hydrogens (tertiary/aromatic N) is 3. The Hall–Kier alpha value is -2.95. The van der Waals surface area contributed by atoms with E-state index in [-0.39, 0.29) is 5.75 Å². The molecule has 4 heterocycles. The molecule has 0 spiro atoms. The molecule has 0 unspecified atom stereocenters. The number of phenols is 1. The van der Waals surface area contributed by atoms with E-state index in [2.05, 4.69) is 17.0 Å². The molecule has 25 heavy (non-hydrogen) atoms. The summed E-state index contributed by atoms with van der Waals surface area (Å²) in [6, 6.07) is 15.6. The quantitative estimate of drug-likeness (QED) is 0.556. The first-order valence-electron chi connectivity index (χ1n) is 8.74. The van der Waals surface area contributed by atoms with Gasteiger partial charge in [0.25, 0.3) is 0 Å². The molecule has 6 rings (SSSR count). The number of rotatable bonds is 2. The molecule has 3 aliphatic rings. The Balaban J connectivity index is 1.79. The average Bonchev–Trinajstić information content (AvgIpc) is 3.08. The topological polar surface area (TPSA) is 67.3 Å². The van der Waals surface area contributed by atoms with Crippen molar-refractivity contribution in [3.8, 4) is 22.7 Å². The predicted molar refractivity (Wildman–Crippen MR) is 99.3 cm³/mol. The highest BCUT2D eigenvalue weighted by Gasteiger charge is 2.37. The second-order valence-electron chi connectivity index (χ2n) is 6.86. The maximum Gasteiger partial charge on any atom is 0.138 e. The maximum absolute atomic E-state index is 9.81. The number of benzene rings is 2. The molecule has 1 aromatic heterocycles. The summed E-state index contributed by atoms with van der Waals surface area (Å²) in [5.41, 5.74) is 11.9. The molecule has 1 fully saturated rings. The highest BCUT2D eigenvalue weighted by molar-refractivity contribution is 5.83. The van der Waals surface area contributed by atoms with Gasteiger partial charge in [-0.1, -0.05) is 18.2 Å². The van der Waals surface area contributed by atoms with Crippen LogP contribution in [0.25, 0.3) is 16.9 Å². The lowest BCUT2D eigenvalue weighted by Crippen LogP contribution is -2.38. The van der Waals surface area contributed by atoms with Gasteiger partial charge >= 0.3 is 0 Å². The summed E-state index contributed by atoms with van der Waals surface area (Å²) in [6.07, 6.45) is 2.35. The fourth-order valence-electron chi connectivity index (χ4n) is 4.11. The highest BCUT2D eigenvalue weighted by atomic mass is 16.3. The van der Waals surface area contributed by atoms with Crippen LogP contribution in [-0.2, 0) is 0 Å². The number of piperidine rings is 1. The summed E-state index contributed by atoms with van der Waals surface area (Å²) < 4.78 is 2.03. The van der Waals surface area contributed by atoms with E-state index in [0.29, 0.717) is 11.6 Å². The smallest absolute Gasteiger partial charge is 0.138 e. The Labute approximate surface area is 146 Å². The molecule has 0 radical (unpaired) electrons. The number of aromatic hydroxyl groups is 1. The fourth-order valence-corrected chi connectivity index (χ4v) is 4.11. The van der Waals surface area contributed by atoms with Gasteiger partial charge in [0.2, 0.25) is 0 Å². The molecule has 3 N–H and O–H groups in total. The Kier molecular flexibility index (Phi) is 3.04. The summed E-state index contributed by atoms with van der Waals surface area (Å²) in [5, 5.41) is 14.8. The molecule has 0 atom stereocenters. The van der Waals surface area contributed by atoms with Crippen LogP contribution in [0.2, 0.25) is 0 Å². The van der Waals surface area contributed by atoms with Crippen LogP contribution in [0, 0.1) is 0 Å². The third-order valence-corrected chi connectivity index (χ3v) is 5.39. The number of fused-ring (bicyclic) bond motifs is 2. The van der Waals surface area contributed by atoms with Crippen molar-refractivity contribution in [1.82, 2.24) is 9.78 Å². The second kappa shape index (κ2) is 5.28. The molecule has 1 saturated heterocycles. The first-order valence-corrected chi connectivity index (χ1v) is 8.74. The van der Waals surface area contributed by atoms with E-state index in [9.17, 15) is 5.11 Å². The minimum atomic E-state index is 0.116. The van der Waals surface area contributed by atoms with Crippen molar-refractivity contribution in [2.75, 3.05) is 23.7 Å². The number of anilines is 2. The Morgan fingerprint density at radius 3 is 2.52 bits per heavy atom. The van der Waals surface area contributed by atoms with Crippen LogP contribution in [0.15, 0.2) is 48.5 Å². The molecule has 5 nitrogen and oxygen atoms in total. The van der Waals surface area contributed by atoms with Crippen molar-refractivity contribution in [3.63, 3.8) is 0 Å². The van der Waals surface area contributed by atoms with Gasteiger partial charge in [0.1, 0.15) is 5.75 Å². The minimum absolute atomic E-state index is 0.116. The van der Waals surface area contributed by atoms with E-state index in [0.717, 1.165) is 30.0 Å². The van der Waals surface area contributed by atoms with Crippen LogP contribution >= 0.6 is 0 Å². The molecule has 3 aliphatic heterocycles. The number of nitrogen functional groups attached to an aromatic ring is 1. The van der Waals surface area contributed by atoms with Crippen molar-refractivity contribution in [1.29, 1.82) is 0 Å². The summed E-state index contributed by atoms with van der Waals surface area (Å²) >= 11 is 0. The van der Waals surface area contributed by atoms with Crippen molar-refractivity contribution in [2.45, 2.75) is 18.8 Å². The van der Waals surface area contributed by atoms with E-state index < -0.39 is 0 Å². The highest BCUT2D eigenvalue weighted by Crippen LogP contribution is 2.48. The van der Waals surface area contributed by atoms with E-state index in [1.165, 1.54) is 24.2 Å². The Morgan fingerprint density at radius 1 is 1.04 bits per heavy atom. The standard InChI is InChI=1S/C20H20N4O/c21-16-12-14(6-7-17(16)25)19-20-18(13-8-10-23(20)11-9-13)22-24(19)15-4-2-1-3-5-15/h1-7,12-13,25H,8-11,21H2. The monoisotopic (exact) mass is 332 g/mol. The summed E-state index contributed by atoms with van der Waals surface area (Å²) in [4.78, 5) is 2.44. The molecule has 126 valence electrons. The molecule has 2 aromatic carbocycles. The molecule has 0 saturated carbocycles. The normalized spacial score (nSPS) is 16.2. The zero-order chi connectivity index (χ0) is 17.0. The van der Waals surface area contributed by atoms with Gasteiger partial charge in [-0.3, -0.25) is 0 Å². The van der Waals surface area contributed by atoms with Gasteiger partial charge < -0.3 is 15.7 Å². The van der Waals surface area contributed by atoms with Gasteiger partial charge in [-0.15, -0.1) is 0 Å². The lowest BCUT2D eigenvalue weighted by molar-refractivity contribution is 0.465. The first kappa shape index (κ1) is 14.4. The van der Waals surface area contributed by atoms with E-state index in [1.54, 1.807) is 6.07 Å². The third-order valence-electron chi connectivity index (χ3n) is 5.39. The van der Waals surface area contributed by atoms with Gasteiger partial charge in [0.05, 0.1) is 28.5 Å². The maximum atomic E-state index is 9.81. The number of hydrogen-bond acceptors (Lipinski definition) is 4. The van der Waals surface area contributed by atoms with Crippen molar-refractivity contribution in [3.05, 3.63) is 54.2 Å². The van der Waals surface area contributed by atoms with E-state index in [1.807, 2.05) is 35.0 Å². The molecule has 0 aliphatic carbocycles. The number of nitrogens with two attached hydrogens (primary N) is 1. The van der Waals surface area contributed by atoms with Crippen LogP contribution in [0.1, 0.15) is 24.5 Å². The number of para-hydroxylation sites is 1. The van der Waals surface area contributed by atoms with Gasteiger partial charge in [0, 0.05) is 24.6 Å². The van der Waals surface area contributed by atoms with Crippen LogP contribution < -0.4 is 10.6 Å². The van der Waals surface area contributed by atoms with Gasteiger partial charge in [0.15, 0.2) is 0 Å². The molecule has 2 bridgehead atoms. The Morgan fingerprint density at radius 2 is 1.80 bits per heavy atom. The fraction of sp³-hybridized carbons (Fsp3) is 0.250. The molecular weight excluding hydrogens is 312 g/mol. The van der Waals surface area contributed by atoms with Gasteiger partial charge in [-0.2, -0.15) is 5.10 Å². The molecule has 0 amide bonds. The van der Waals surface area contributed by atoms with Gasteiger partial charge in [-0.25, -0.2) is 4.68 Å².